The molecule has 376 valence electrons. The summed E-state index contributed by atoms with van der Waals surface area (Å²) in [5.41, 5.74) is 16.6. The van der Waals surface area contributed by atoms with Gasteiger partial charge >= 0.3 is 0 Å². The van der Waals surface area contributed by atoms with Crippen LogP contribution < -0.4 is 0 Å². The van der Waals surface area contributed by atoms with Gasteiger partial charge in [-0.1, -0.05) is 174 Å². The molecule has 0 atom stereocenters. The zero-order valence-electron chi connectivity index (χ0n) is 44.9. The third kappa shape index (κ3) is 8.82. The number of aromatic hydroxyl groups is 1. The van der Waals surface area contributed by atoms with Crippen molar-refractivity contribution in [3.05, 3.63) is 186 Å². The molecule has 0 fully saturated rings. The number of hydrogen-bond donors (Lipinski definition) is 1. The molecular formula is C67H65N4OPtS-. The Kier molecular flexibility index (Phi) is 12.6. The number of aromatic nitrogens is 4. The summed E-state index contributed by atoms with van der Waals surface area (Å²) >= 11 is 1.85. The Morgan fingerprint density at radius 1 is 0.527 bits per heavy atom. The van der Waals surface area contributed by atoms with Crippen LogP contribution in [0, 0.1) is 13.0 Å². The number of aryl methyl sites for hydroxylation is 1. The number of nitrogens with zero attached hydrogens (tertiary/aromatic N) is 4. The Bertz CT molecular complexity index is 3960. The number of hydrogen-bond acceptors (Lipinski definition) is 4. The minimum absolute atomic E-state index is 0. The fraction of sp³-hybridized carbons (Fsp3) is 0.254. The predicted octanol–water partition coefficient (Wildman–Crippen LogP) is 18.4. The normalized spacial score (nSPS) is 12.6. The van der Waals surface area contributed by atoms with Crippen molar-refractivity contribution in [1.29, 1.82) is 0 Å². The molecule has 0 radical (unpaired) electrons. The largest absolute Gasteiger partial charge is 0.507 e. The molecule has 0 aliphatic heterocycles. The predicted molar refractivity (Wildman–Crippen MR) is 310 cm³/mol. The molecule has 11 rings (SSSR count). The molecule has 0 saturated carbocycles. The summed E-state index contributed by atoms with van der Waals surface area (Å²) in [7, 11) is 0. The number of benzene rings is 7. The molecule has 1 N–H and O–H groups in total. The van der Waals surface area contributed by atoms with E-state index >= 15 is 0 Å². The Morgan fingerprint density at radius 3 is 1.84 bits per heavy atom. The van der Waals surface area contributed by atoms with Crippen LogP contribution in [-0.4, -0.2) is 24.2 Å². The zero-order chi connectivity index (χ0) is 51.5. The molecule has 0 amide bonds. The van der Waals surface area contributed by atoms with Gasteiger partial charge in [0, 0.05) is 58.7 Å². The number of fused-ring (bicyclic) bond motifs is 5. The Hall–Kier alpha value is -6.59. The average molecular weight is 1170 g/mol. The zero-order valence-corrected chi connectivity index (χ0v) is 48.0. The summed E-state index contributed by atoms with van der Waals surface area (Å²) in [5, 5.41) is 16.2. The maximum atomic E-state index is 12.7. The van der Waals surface area contributed by atoms with Gasteiger partial charge in [-0.2, -0.15) is 0 Å². The van der Waals surface area contributed by atoms with E-state index in [9.17, 15) is 5.11 Å². The molecule has 0 aliphatic carbocycles. The van der Waals surface area contributed by atoms with Crippen LogP contribution in [-0.2, 0) is 42.7 Å². The fourth-order valence-corrected chi connectivity index (χ4v) is 11.7. The van der Waals surface area contributed by atoms with Gasteiger partial charge in [-0.25, -0.2) is 9.97 Å². The number of pyridine rings is 1. The van der Waals surface area contributed by atoms with E-state index < -0.39 is 0 Å². The van der Waals surface area contributed by atoms with Crippen molar-refractivity contribution in [3.63, 3.8) is 0 Å². The maximum Gasteiger partial charge on any atom is 0.148 e. The smallest absolute Gasteiger partial charge is 0.148 e. The van der Waals surface area contributed by atoms with Crippen molar-refractivity contribution < 1.29 is 26.2 Å². The number of phenolic OH excluding ortho intramolecular Hbond substituents is 1. The third-order valence-corrected chi connectivity index (χ3v) is 16.1. The number of phenols is 1. The van der Waals surface area contributed by atoms with Gasteiger partial charge in [-0.3, -0.25) is 4.57 Å². The average Bonchev–Trinajstić information content (AvgIpc) is 4.01. The van der Waals surface area contributed by atoms with Crippen LogP contribution in [0.5, 0.6) is 5.75 Å². The fourth-order valence-electron chi connectivity index (χ4n) is 10.5. The van der Waals surface area contributed by atoms with E-state index in [0.717, 1.165) is 77.7 Å². The van der Waals surface area contributed by atoms with Crippen LogP contribution in [0.3, 0.4) is 0 Å². The standard InChI is InChI=1S/C67H65N4OS.Pt/c1-40-50-38-52-49-27-21-31-68-62(49)70(57(52)39-58(50)73-61(40)42-24-18-15-19-25-42)47-33-43(32-45(34-47)65(5,6)7)48-26-20-28-56-59(48)69-63(53-36-46(66(8,9)10)37-54(60(53)72)67(11,12)13)71(56)55-30-29-44(64(2,3)4)35-51(55)41-22-16-14-17-23-41;/h14-32,34-39,72H,1-13H3;/q-1;. The van der Waals surface area contributed by atoms with Crippen LogP contribution in [0.25, 0.3) is 98.5 Å². The van der Waals surface area contributed by atoms with Gasteiger partial charge in [0.15, 0.2) is 0 Å². The molecule has 0 unspecified atom stereocenters. The van der Waals surface area contributed by atoms with Crippen LogP contribution >= 0.6 is 11.3 Å². The second-order valence-corrected chi connectivity index (χ2v) is 25.2. The van der Waals surface area contributed by atoms with Crippen molar-refractivity contribution in [2.75, 3.05) is 0 Å². The topological polar surface area (TPSA) is 55.9 Å². The first-order valence-electron chi connectivity index (χ1n) is 25.6. The van der Waals surface area contributed by atoms with Gasteiger partial charge in [-0.05, 0) is 116 Å². The molecule has 11 aromatic rings. The van der Waals surface area contributed by atoms with Crippen molar-refractivity contribution >= 4 is 54.4 Å². The first kappa shape index (κ1) is 50.9. The van der Waals surface area contributed by atoms with E-state index in [1.807, 2.05) is 23.6 Å². The molecule has 0 bridgehead atoms. The van der Waals surface area contributed by atoms with Crippen LogP contribution in [0.1, 0.15) is 111 Å². The van der Waals surface area contributed by atoms with Crippen LogP contribution in [0.2, 0.25) is 0 Å². The van der Waals surface area contributed by atoms with Gasteiger partial charge in [0.25, 0.3) is 0 Å². The van der Waals surface area contributed by atoms with E-state index in [1.165, 1.54) is 37.2 Å². The summed E-state index contributed by atoms with van der Waals surface area (Å²) in [4.78, 5) is 12.2. The van der Waals surface area contributed by atoms with E-state index in [-0.39, 0.29) is 48.5 Å². The van der Waals surface area contributed by atoms with Gasteiger partial charge < -0.3 is 9.67 Å². The third-order valence-electron chi connectivity index (χ3n) is 14.8. The molecule has 0 spiro atoms. The van der Waals surface area contributed by atoms with E-state index in [4.69, 9.17) is 9.97 Å². The number of rotatable bonds is 6. The molecule has 7 heteroatoms. The number of thiophene rings is 1. The molecule has 4 heterocycles. The SMILES string of the molecule is Cc1c(-c2ccccc2)sc2cc3c(cc12)c1cccnc1n3-c1[c-]c(-c2cccc3c2nc(-c2cc(C(C)(C)C)cc(C(C)(C)C)c2O)n3-c2ccc(C(C)(C)C)cc2-c2ccccc2)cc(C(C)(C)C)c1.[Pt]. The summed E-state index contributed by atoms with van der Waals surface area (Å²) in [6.07, 6.45) is 1.90. The van der Waals surface area contributed by atoms with Crippen molar-refractivity contribution in [1.82, 2.24) is 19.1 Å². The van der Waals surface area contributed by atoms with Crippen molar-refractivity contribution in [2.45, 2.75) is 112 Å². The second-order valence-electron chi connectivity index (χ2n) is 24.1. The van der Waals surface area contributed by atoms with E-state index in [2.05, 4.69) is 245 Å². The summed E-state index contributed by atoms with van der Waals surface area (Å²) in [6, 6.07) is 56.7. The van der Waals surface area contributed by atoms with Gasteiger partial charge in [0.1, 0.15) is 17.2 Å². The van der Waals surface area contributed by atoms with Gasteiger partial charge in [0.2, 0.25) is 0 Å². The van der Waals surface area contributed by atoms with Gasteiger partial charge in [-0.15, -0.1) is 40.7 Å². The van der Waals surface area contributed by atoms with E-state index in [0.29, 0.717) is 11.4 Å². The monoisotopic (exact) mass is 1170 g/mol. The summed E-state index contributed by atoms with van der Waals surface area (Å²) < 4.78 is 5.85. The number of para-hydroxylation sites is 1. The van der Waals surface area contributed by atoms with Gasteiger partial charge in [0.05, 0.1) is 27.8 Å². The minimum Gasteiger partial charge on any atom is -0.507 e. The first-order chi connectivity index (χ1) is 34.6. The van der Waals surface area contributed by atoms with Crippen molar-refractivity contribution in [3.8, 4) is 61.2 Å². The van der Waals surface area contributed by atoms with E-state index in [1.54, 1.807) is 0 Å². The molecule has 0 saturated heterocycles. The van der Waals surface area contributed by atoms with Crippen LogP contribution in [0.4, 0.5) is 0 Å². The number of imidazole rings is 1. The summed E-state index contributed by atoms with van der Waals surface area (Å²) in [5.74, 6) is 0.931. The second kappa shape index (κ2) is 18.4. The molecule has 74 heavy (non-hydrogen) atoms. The summed E-state index contributed by atoms with van der Waals surface area (Å²) in [6.45, 7) is 29.1. The Morgan fingerprint density at radius 2 is 1.18 bits per heavy atom. The first-order valence-corrected chi connectivity index (χ1v) is 26.4. The Labute approximate surface area is 455 Å². The molecule has 0 aliphatic rings. The molecule has 7 aromatic carbocycles. The van der Waals surface area contributed by atoms with Crippen LogP contribution in [0.15, 0.2) is 152 Å². The minimum atomic E-state index is -0.343. The maximum absolute atomic E-state index is 12.7. The van der Waals surface area contributed by atoms with Crippen molar-refractivity contribution in [2.24, 2.45) is 0 Å². The molecule has 4 aromatic heterocycles. The quantitative estimate of drug-likeness (QED) is 0.169. The molecule has 5 nitrogen and oxygen atoms in total. The Balaban J connectivity index is 0.00000626. The molecular weight excluding hydrogens is 1100 g/mol.